The number of amides is 1. The van der Waals surface area contributed by atoms with Gasteiger partial charge in [-0.05, 0) is 17.7 Å². The normalized spacial score (nSPS) is 10.5. The molecule has 0 aliphatic rings. The zero-order chi connectivity index (χ0) is 13.2. The van der Waals surface area contributed by atoms with Gasteiger partial charge in [0.2, 0.25) is 0 Å². The minimum atomic E-state index is -0.435. The van der Waals surface area contributed by atoms with Gasteiger partial charge in [-0.15, -0.1) is 0 Å². The Morgan fingerprint density at radius 2 is 2.00 bits per heavy atom. The molecular formula is C14H12N4O. The van der Waals surface area contributed by atoms with E-state index >= 15 is 0 Å². The molecule has 2 heterocycles. The minimum absolute atomic E-state index is 0.435. The van der Waals surface area contributed by atoms with Gasteiger partial charge < -0.3 is 15.3 Å². The standard InChI is InChI=1S/C14H12N4O/c15-14(19)13-8-17-7-12(13)10-1-3-11(4-2-10)18-6-5-16-9-18/h1-9,17H,(H2,15,19). The van der Waals surface area contributed by atoms with Crippen molar-refractivity contribution in [3.05, 3.63) is 60.9 Å². The summed E-state index contributed by atoms with van der Waals surface area (Å²) in [6, 6.07) is 7.83. The number of aromatic amines is 1. The number of nitrogens with one attached hydrogen (secondary N) is 1. The SMILES string of the molecule is NC(=O)c1c[nH]cc1-c1ccc(-n2ccnc2)cc1. The Morgan fingerprint density at radius 3 is 2.63 bits per heavy atom. The highest BCUT2D eigenvalue weighted by atomic mass is 16.1. The molecule has 3 N–H and O–H groups in total. The molecule has 3 rings (SSSR count). The summed E-state index contributed by atoms with van der Waals surface area (Å²) in [6.45, 7) is 0. The molecule has 19 heavy (non-hydrogen) atoms. The second-order valence-electron chi connectivity index (χ2n) is 4.16. The van der Waals surface area contributed by atoms with E-state index < -0.39 is 5.91 Å². The Bertz CT molecular complexity index is 695. The molecule has 0 fully saturated rings. The molecule has 5 nitrogen and oxygen atoms in total. The predicted molar refractivity (Wildman–Crippen MR) is 71.9 cm³/mol. The lowest BCUT2D eigenvalue weighted by Crippen LogP contribution is -2.10. The first-order valence-electron chi connectivity index (χ1n) is 5.81. The summed E-state index contributed by atoms with van der Waals surface area (Å²) in [5.74, 6) is -0.435. The zero-order valence-corrected chi connectivity index (χ0v) is 10.1. The Balaban J connectivity index is 1.99. The van der Waals surface area contributed by atoms with Crippen LogP contribution in [0, 0.1) is 0 Å². The third-order valence-corrected chi connectivity index (χ3v) is 2.99. The number of primary amides is 1. The number of rotatable bonds is 3. The fraction of sp³-hybridized carbons (Fsp3) is 0. The Morgan fingerprint density at radius 1 is 1.21 bits per heavy atom. The van der Waals surface area contributed by atoms with Crippen molar-refractivity contribution in [2.45, 2.75) is 0 Å². The highest BCUT2D eigenvalue weighted by molar-refractivity contribution is 5.99. The van der Waals surface area contributed by atoms with Gasteiger partial charge in [0, 0.05) is 36.0 Å². The summed E-state index contributed by atoms with van der Waals surface area (Å²) in [5.41, 5.74) is 8.59. The molecule has 5 heteroatoms. The van der Waals surface area contributed by atoms with Gasteiger partial charge in [-0.2, -0.15) is 0 Å². The van der Waals surface area contributed by atoms with Crippen LogP contribution >= 0.6 is 0 Å². The number of aromatic nitrogens is 3. The Hall–Kier alpha value is -2.82. The molecule has 0 unspecified atom stereocenters. The van der Waals surface area contributed by atoms with E-state index in [1.165, 1.54) is 0 Å². The summed E-state index contributed by atoms with van der Waals surface area (Å²) >= 11 is 0. The molecule has 0 spiro atoms. The average molecular weight is 252 g/mol. The summed E-state index contributed by atoms with van der Waals surface area (Å²) in [7, 11) is 0. The predicted octanol–water partition coefficient (Wildman–Crippen LogP) is 1.97. The molecule has 1 aromatic carbocycles. The molecule has 94 valence electrons. The lowest BCUT2D eigenvalue weighted by Gasteiger charge is -2.05. The molecule has 0 aliphatic heterocycles. The third-order valence-electron chi connectivity index (χ3n) is 2.99. The fourth-order valence-electron chi connectivity index (χ4n) is 2.03. The highest BCUT2D eigenvalue weighted by Crippen LogP contribution is 2.24. The maximum Gasteiger partial charge on any atom is 0.250 e. The summed E-state index contributed by atoms with van der Waals surface area (Å²) in [6.07, 6.45) is 8.72. The third kappa shape index (κ3) is 2.01. The van der Waals surface area contributed by atoms with Crippen LogP contribution in [-0.4, -0.2) is 20.4 Å². The van der Waals surface area contributed by atoms with Gasteiger partial charge in [-0.25, -0.2) is 4.98 Å². The molecule has 0 radical (unpaired) electrons. The second-order valence-corrected chi connectivity index (χ2v) is 4.16. The van der Waals surface area contributed by atoms with Gasteiger partial charge >= 0.3 is 0 Å². The number of imidazole rings is 1. The summed E-state index contributed by atoms with van der Waals surface area (Å²) in [5, 5.41) is 0. The van der Waals surface area contributed by atoms with Gasteiger partial charge in [0.25, 0.3) is 5.91 Å². The number of benzene rings is 1. The molecule has 0 saturated carbocycles. The molecule has 1 amide bonds. The van der Waals surface area contributed by atoms with Gasteiger partial charge in [0.1, 0.15) is 0 Å². The van der Waals surface area contributed by atoms with Crippen molar-refractivity contribution in [1.29, 1.82) is 0 Å². The van der Waals surface area contributed by atoms with Crippen LogP contribution in [0.15, 0.2) is 55.4 Å². The molecule has 0 atom stereocenters. The Kier molecular flexibility index (Phi) is 2.64. The molecule has 2 aromatic heterocycles. The highest BCUT2D eigenvalue weighted by Gasteiger charge is 2.10. The lowest BCUT2D eigenvalue weighted by atomic mass is 10.0. The molecule has 0 saturated heterocycles. The maximum absolute atomic E-state index is 11.3. The minimum Gasteiger partial charge on any atom is -0.366 e. The van der Waals surface area contributed by atoms with Crippen molar-refractivity contribution >= 4 is 5.91 Å². The summed E-state index contributed by atoms with van der Waals surface area (Å²) < 4.78 is 1.91. The number of nitrogens with zero attached hydrogens (tertiary/aromatic N) is 2. The van der Waals surface area contributed by atoms with Crippen LogP contribution in [0.25, 0.3) is 16.8 Å². The van der Waals surface area contributed by atoms with Crippen molar-refractivity contribution in [2.24, 2.45) is 5.73 Å². The Labute approximate surface area is 109 Å². The van der Waals surface area contributed by atoms with Crippen LogP contribution in [0.4, 0.5) is 0 Å². The average Bonchev–Trinajstić information content (AvgIpc) is 3.10. The van der Waals surface area contributed by atoms with E-state index in [-0.39, 0.29) is 0 Å². The van der Waals surface area contributed by atoms with E-state index in [9.17, 15) is 4.79 Å². The quantitative estimate of drug-likeness (QED) is 0.747. The van der Waals surface area contributed by atoms with Crippen molar-refractivity contribution in [3.8, 4) is 16.8 Å². The fourth-order valence-corrected chi connectivity index (χ4v) is 2.03. The van der Waals surface area contributed by atoms with Crippen LogP contribution in [0.2, 0.25) is 0 Å². The molecule has 0 aliphatic carbocycles. The first kappa shape index (κ1) is 11.3. The van der Waals surface area contributed by atoms with Crippen molar-refractivity contribution in [1.82, 2.24) is 14.5 Å². The van der Waals surface area contributed by atoms with Crippen LogP contribution in [0.3, 0.4) is 0 Å². The molecular weight excluding hydrogens is 240 g/mol. The van der Waals surface area contributed by atoms with E-state index in [1.807, 2.05) is 35.0 Å². The van der Waals surface area contributed by atoms with Gasteiger partial charge in [-0.3, -0.25) is 4.79 Å². The number of hydrogen-bond donors (Lipinski definition) is 2. The van der Waals surface area contributed by atoms with Gasteiger partial charge in [0.05, 0.1) is 11.9 Å². The van der Waals surface area contributed by atoms with Crippen molar-refractivity contribution in [3.63, 3.8) is 0 Å². The van der Waals surface area contributed by atoms with E-state index in [0.717, 1.165) is 16.8 Å². The van der Waals surface area contributed by atoms with Crippen LogP contribution < -0.4 is 5.73 Å². The van der Waals surface area contributed by atoms with Crippen molar-refractivity contribution < 1.29 is 4.79 Å². The molecule has 3 aromatic rings. The van der Waals surface area contributed by atoms with Crippen LogP contribution in [-0.2, 0) is 0 Å². The zero-order valence-electron chi connectivity index (χ0n) is 10.1. The lowest BCUT2D eigenvalue weighted by molar-refractivity contribution is 0.100. The smallest absolute Gasteiger partial charge is 0.250 e. The van der Waals surface area contributed by atoms with E-state index in [4.69, 9.17) is 5.73 Å². The molecule has 0 bridgehead atoms. The first-order valence-corrected chi connectivity index (χ1v) is 5.81. The topological polar surface area (TPSA) is 76.7 Å². The van der Waals surface area contributed by atoms with E-state index in [1.54, 1.807) is 24.9 Å². The number of hydrogen-bond acceptors (Lipinski definition) is 2. The number of carbonyl (C=O) groups is 1. The number of nitrogens with two attached hydrogens (primary N) is 1. The maximum atomic E-state index is 11.3. The van der Waals surface area contributed by atoms with Crippen molar-refractivity contribution in [2.75, 3.05) is 0 Å². The van der Waals surface area contributed by atoms with E-state index in [0.29, 0.717) is 5.56 Å². The monoisotopic (exact) mass is 252 g/mol. The van der Waals surface area contributed by atoms with Gasteiger partial charge in [-0.1, -0.05) is 12.1 Å². The first-order chi connectivity index (χ1) is 9.25. The van der Waals surface area contributed by atoms with E-state index in [2.05, 4.69) is 9.97 Å². The largest absolute Gasteiger partial charge is 0.366 e. The number of carbonyl (C=O) groups excluding carboxylic acids is 1. The van der Waals surface area contributed by atoms with Crippen LogP contribution in [0.5, 0.6) is 0 Å². The second kappa shape index (κ2) is 4.45. The van der Waals surface area contributed by atoms with Crippen LogP contribution in [0.1, 0.15) is 10.4 Å². The van der Waals surface area contributed by atoms with Gasteiger partial charge in [0.15, 0.2) is 0 Å². The number of H-pyrrole nitrogens is 1. The summed E-state index contributed by atoms with van der Waals surface area (Å²) in [4.78, 5) is 18.2.